The fourth-order valence-electron chi connectivity index (χ4n) is 3.60. The highest BCUT2D eigenvalue weighted by Crippen LogP contribution is 2.36. The Morgan fingerprint density at radius 1 is 1.21 bits per heavy atom. The summed E-state index contributed by atoms with van der Waals surface area (Å²) in [6, 6.07) is 0. The summed E-state index contributed by atoms with van der Waals surface area (Å²) in [4.78, 5) is 36.1. The molecule has 0 aromatic heterocycles. The van der Waals surface area contributed by atoms with Gasteiger partial charge in [0.15, 0.2) is 0 Å². The molecular formula is C22H32O6. The molecule has 1 fully saturated rings. The van der Waals surface area contributed by atoms with E-state index in [1.807, 2.05) is 46.8 Å². The number of hydrogen-bond acceptors (Lipinski definition) is 6. The van der Waals surface area contributed by atoms with Crippen LogP contribution in [0, 0.1) is 17.8 Å². The van der Waals surface area contributed by atoms with E-state index >= 15 is 0 Å². The van der Waals surface area contributed by atoms with Gasteiger partial charge in [0.2, 0.25) is 0 Å². The van der Waals surface area contributed by atoms with E-state index in [2.05, 4.69) is 0 Å². The first-order valence-electron chi connectivity index (χ1n) is 10.1. The summed E-state index contributed by atoms with van der Waals surface area (Å²) in [7, 11) is 0. The highest BCUT2D eigenvalue weighted by Gasteiger charge is 2.43. The van der Waals surface area contributed by atoms with Gasteiger partial charge in [-0.1, -0.05) is 26.8 Å². The van der Waals surface area contributed by atoms with Crippen LogP contribution in [-0.2, 0) is 28.6 Å². The Bertz CT molecular complexity index is 677. The minimum absolute atomic E-state index is 0.112. The lowest BCUT2D eigenvalue weighted by Gasteiger charge is -2.28. The molecule has 6 atom stereocenters. The molecule has 0 bridgehead atoms. The van der Waals surface area contributed by atoms with Gasteiger partial charge in [-0.3, -0.25) is 14.4 Å². The molecule has 0 aromatic rings. The first kappa shape index (κ1) is 22.2. The standard InChI is InChI=1S/C22H32O6/c1-7-12(2)21(24)27-18-9-8-13(3)19(26-16(6)23)11-17-15(5)22(25)28-20(17)10-14(18)4/h8,10,12,15,17-20H,7,9,11H2,1-6H3/t12?,15?,17-,18?,19+,20?/m0/s1. The highest BCUT2D eigenvalue weighted by molar-refractivity contribution is 5.75. The lowest BCUT2D eigenvalue weighted by molar-refractivity contribution is -0.152. The van der Waals surface area contributed by atoms with E-state index in [-0.39, 0.29) is 35.7 Å². The van der Waals surface area contributed by atoms with Crippen LogP contribution in [0.5, 0.6) is 0 Å². The summed E-state index contributed by atoms with van der Waals surface area (Å²) in [5.41, 5.74) is 1.75. The first-order chi connectivity index (χ1) is 13.1. The molecule has 6 heteroatoms. The molecule has 0 aromatic carbocycles. The van der Waals surface area contributed by atoms with E-state index in [9.17, 15) is 14.4 Å². The van der Waals surface area contributed by atoms with Crippen LogP contribution in [0.15, 0.2) is 23.3 Å². The first-order valence-corrected chi connectivity index (χ1v) is 10.1. The lowest BCUT2D eigenvalue weighted by Crippen LogP contribution is -2.30. The van der Waals surface area contributed by atoms with Crippen LogP contribution in [0.1, 0.15) is 60.8 Å². The summed E-state index contributed by atoms with van der Waals surface area (Å²) < 4.78 is 16.9. The zero-order valence-electron chi connectivity index (χ0n) is 17.7. The van der Waals surface area contributed by atoms with E-state index in [1.165, 1.54) is 6.92 Å². The maximum absolute atomic E-state index is 12.3. The van der Waals surface area contributed by atoms with E-state index < -0.39 is 18.3 Å². The van der Waals surface area contributed by atoms with Crippen molar-refractivity contribution in [1.82, 2.24) is 0 Å². The van der Waals surface area contributed by atoms with E-state index in [1.54, 1.807) is 0 Å². The molecule has 6 nitrogen and oxygen atoms in total. The van der Waals surface area contributed by atoms with Gasteiger partial charge in [0.1, 0.15) is 18.3 Å². The second kappa shape index (κ2) is 9.39. The Balaban J connectivity index is 2.37. The molecule has 0 N–H and O–H groups in total. The van der Waals surface area contributed by atoms with Gasteiger partial charge in [-0.05, 0) is 43.9 Å². The summed E-state index contributed by atoms with van der Waals surface area (Å²) in [6.45, 7) is 10.8. The van der Waals surface area contributed by atoms with E-state index in [0.717, 1.165) is 11.1 Å². The van der Waals surface area contributed by atoms with E-state index in [4.69, 9.17) is 14.2 Å². The van der Waals surface area contributed by atoms with Crippen LogP contribution in [0.2, 0.25) is 0 Å². The van der Waals surface area contributed by atoms with Gasteiger partial charge >= 0.3 is 17.9 Å². The third-order valence-corrected chi connectivity index (χ3v) is 5.85. The van der Waals surface area contributed by atoms with Crippen LogP contribution in [0.25, 0.3) is 0 Å². The van der Waals surface area contributed by atoms with Crippen molar-refractivity contribution in [3.8, 4) is 0 Å². The minimum Gasteiger partial charge on any atom is -0.458 e. The largest absolute Gasteiger partial charge is 0.458 e. The molecule has 28 heavy (non-hydrogen) atoms. The van der Waals surface area contributed by atoms with Gasteiger partial charge in [-0.2, -0.15) is 0 Å². The van der Waals surface area contributed by atoms with Crippen molar-refractivity contribution in [2.24, 2.45) is 17.8 Å². The number of esters is 3. The predicted molar refractivity (Wildman–Crippen MR) is 104 cm³/mol. The predicted octanol–water partition coefficient (Wildman–Crippen LogP) is 3.74. The van der Waals surface area contributed by atoms with Gasteiger partial charge in [-0.15, -0.1) is 0 Å². The molecule has 4 unspecified atom stereocenters. The zero-order chi connectivity index (χ0) is 21.0. The molecule has 0 saturated carbocycles. The molecule has 2 aliphatic rings. The molecule has 1 aliphatic heterocycles. The van der Waals surface area contributed by atoms with Crippen LogP contribution in [0.3, 0.4) is 0 Å². The molecule has 156 valence electrons. The Morgan fingerprint density at radius 2 is 1.89 bits per heavy atom. The van der Waals surface area contributed by atoms with Gasteiger partial charge in [-0.25, -0.2) is 0 Å². The number of rotatable bonds is 4. The SMILES string of the molecule is CCC(C)C(=O)OC1CC=C(C)[C@H](OC(C)=O)C[C@@H]2C(C=C1C)OC(=O)C2C. The molecule has 1 saturated heterocycles. The Morgan fingerprint density at radius 3 is 2.50 bits per heavy atom. The topological polar surface area (TPSA) is 78.9 Å². The van der Waals surface area contributed by atoms with Crippen molar-refractivity contribution in [3.05, 3.63) is 23.3 Å². The Labute approximate surface area is 167 Å². The van der Waals surface area contributed by atoms with Crippen LogP contribution in [-0.4, -0.2) is 36.2 Å². The fourth-order valence-corrected chi connectivity index (χ4v) is 3.60. The summed E-state index contributed by atoms with van der Waals surface area (Å²) >= 11 is 0. The summed E-state index contributed by atoms with van der Waals surface area (Å²) in [5, 5.41) is 0. The molecule has 1 aliphatic carbocycles. The normalized spacial score (nSPS) is 31.6. The van der Waals surface area contributed by atoms with Gasteiger partial charge in [0.05, 0.1) is 11.8 Å². The molecule has 0 radical (unpaired) electrons. The van der Waals surface area contributed by atoms with Gasteiger partial charge in [0.25, 0.3) is 0 Å². The highest BCUT2D eigenvalue weighted by atomic mass is 16.6. The second-order valence-electron chi connectivity index (χ2n) is 8.02. The summed E-state index contributed by atoms with van der Waals surface area (Å²) in [5.74, 6) is -1.45. The summed E-state index contributed by atoms with van der Waals surface area (Å²) in [6.07, 6.45) is 4.26. The maximum atomic E-state index is 12.3. The van der Waals surface area contributed by atoms with Crippen LogP contribution >= 0.6 is 0 Å². The quantitative estimate of drug-likeness (QED) is 0.412. The monoisotopic (exact) mass is 392 g/mol. The number of hydrogen-bond donors (Lipinski definition) is 0. The number of carbonyl (C=O) groups is 3. The maximum Gasteiger partial charge on any atom is 0.309 e. The molecule has 2 rings (SSSR count). The Hall–Kier alpha value is -2.11. The molecule has 1 heterocycles. The van der Waals surface area contributed by atoms with Crippen LogP contribution in [0.4, 0.5) is 0 Å². The fraction of sp³-hybridized carbons (Fsp3) is 0.682. The van der Waals surface area contributed by atoms with Gasteiger partial charge in [0, 0.05) is 19.3 Å². The third-order valence-electron chi connectivity index (χ3n) is 5.85. The van der Waals surface area contributed by atoms with Crippen molar-refractivity contribution < 1.29 is 28.6 Å². The Kier molecular flexibility index (Phi) is 7.44. The number of fused-ring (bicyclic) bond motifs is 1. The minimum atomic E-state index is -0.442. The lowest BCUT2D eigenvalue weighted by atomic mass is 9.83. The van der Waals surface area contributed by atoms with Crippen molar-refractivity contribution >= 4 is 17.9 Å². The average molecular weight is 392 g/mol. The molecule has 0 spiro atoms. The molecular weight excluding hydrogens is 360 g/mol. The van der Waals surface area contributed by atoms with Crippen molar-refractivity contribution in [2.45, 2.75) is 79.1 Å². The molecule has 0 amide bonds. The van der Waals surface area contributed by atoms with Gasteiger partial charge < -0.3 is 14.2 Å². The van der Waals surface area contributed by atoms with Crippen LogP contribution < -0.4 is 0 Å². The average Bonchev–Trinajstić information content (AvgIpc) is 2.89. The van der Waals surface area contributed by atoms with Crippen molar-refractivity contribution in [2.75, 3.05) is 0 Å². The zero-order valence-corrected chi connectivity index (χ0v) is 17.7. The van der Waals surface area contributed by atoms with E-state index in [0.29, 0.717) is 19.3 Å². The number of ether oxygens (including phenoxy) is 3. The van der Waals surface area contributed by atoms with Crippen molar-refractivity contribution in [1.29, 1.82) is 0 Å². The number of carbonyl (C=O) groups excluding carboxylic acids is 3. The van der Waals surface area contributed by atoms with Crippen molar-refractivity contribution in [3.63, 3.8) is 0 Å². The third kappa shape index (κ3) is 5.24. The second-order valence-corrected chi connectivity index (χ2v) is 8.02. The smallest absolute Gasteiger partial charge is 0.309 e.